The van der Waals surface area contributed by atoms with E-state index in [1.165, 1.54) is 54.8 Å². The quantitative estimate of drug-likeness (QED) is 0.0834. The van der Waals surface area contributed by atoms with Gasteiger partial charge in [-0.1, -0.05) is 115 Å². The van der Waals surface area contributed by atoms with Gasteiger partial charge >= 0.3 is 0 Å². The van der Waals surface area contributed by atoms with E-state index in [4.69, 9.17) is 19.4 Å². The number of aromatic nitrogens is 4. The predicted molar refractivity (Wildman–Crippen MR) is 260 cm³/mol. The Morgan fingerprint density at radius 2 is 1.10 bits per heavy atom. The third kappa shape index (κ3) is 9.50. The maximum Gasteiger partial charge on any atom is 0.137 e. The third-order valence-corrected chi connectivity index (χ3v) is 14.2. The van der Waals surface area contributed by atoms with Crippen LogP contribution in [0.4, 0.5) is 0 Å². The first-order valence-electron chi connectivity index (χ1n) is 22.4. The zero-order chi connectivity index (χ0) is 43.7. The molecule has 63 heavy (non-hydrogen) atoms. The Morgan fingerprint density at radius 1 is 0.619 bits per heavy atom. The first-order valence-corrected chi connectivity index (χ1v) is 24.0. The number of nitriles is 2. The van der Waals surface area contributed by atoms with Gasteiger partial charge in [-0.25, -0.2) is 9.97 Å². The van der Waals surface area contributed by atoms with Gasteiger partial charge in [-0.05, 0) is 89.9 Å². The van der Waals surface area contributed by atoms with Crippen molar-refractivity contribution in [2.45, 2.75) is 85.7 Å². The van der Waals surface area contributed by atoms with Crippen molar-refractivity contribution < 1.29 is 9.47 Å². The number of benzene rings is 4. The first-order chi connectivity index (χ1) is 31.0. The highest BCUT2D eigenvalue weighted by Gasteiger charge is 2.24. The molecule has 10 heteroatoms. The molecule has 0 saturated carbocycles. The molecule has 8 nitrogen and oxygen atoms in total. The highest BCUT2D eigenvalue weighted by molar-refractivity contribution is 7.20. The SMILES string of the molecule is CCCCC(CC)COCc1ccc(-c2[nH]/c(=C(/C#N)c3nc4ccccc4s3)c3c(-c4ccc(OCC(CC)CCCC)cc4)[nH]/c(=C(/C#N)c4nc5ccccc5s4)c23)cc1. The van der Waals surface area contributed by atoms with Crippen LogP contribution < -0.4 is 15.4 Å². The van der Waals surface area contributed by atoms with Gasteiger partial charge in [0.05, 0.1) is 55.7 Å². The Balaban J connectivity index is 1.33. The summed E-state index contributed by atoms with van der Waals surface area (Å²) in [5.74, 6) is 1.87. The van der Waals surface area contributed by atoms with Crippen LogP contribution in [0, 0.1) is 34.5 Å². The molecule has 0 amide bonds. The summed E-state index contributed by atoms with van der Waals surface area (Å²) in [5.41, 5.74) is 6.97. The third-order valence-electron chi connectivity index (χ3n) is 12.1. The van der Waals surface area contributed by atoms with Gasteiger partial charge in [0, 0.05) is 17.4 Å². The largest absolute Gasteiger partial charge is 0.493 e. The topological polar surface area (TPSA) is 123 Å². The van der Waals surface area contributed by atoms with E-state index in [1.807, 2.05) is 60.7 Å². The molecule has 0 aliphatic heterocycles. The summed E-state index contributed by atoms with van der Waals surface area (Å²) in [6, 6.07) is 37.6. The fraction of sp³-hybridized carbons (Fsp3) is 0.321. The van der Waals surface area contributed by atoms with Crippen LogP contribution in [0.1, 0.15) is 94.6 Å². The lowest BCUT2D eigenvalue weighted by molar-refractivity contribution is 0.0820. The monoisotopic (exact) mass is 870 g/mol. The Labute approximate surface area is 377 Å². The molecule has 4 aromatic heterocycles. The molecule has 0 aliphatic carbocycles. The fourth-order valence-corrected chi connectivity index (χ4v) is 10.2. The van der Waals surface area contributed by atoms with Gasteiger partial charge in [0.1, 0.15) is 39.0 Å². The lowest BCUT2D eigenvalue weighted by Gasteiger charge is -2.15. The number of thiazole rings is 2. The maximum absolute atomic E-state index is 11.1. The van der Waals surface area contributed by atoms with Crippen molar-refractivity contribution >= 4 is 65.0 Å². The number of para-hydroxylation sites is 2. The van der Waals surface area contributed by atoms with Gasteiger partial charge in [0.15, 0.2) is 0 Å². The standard InChI is InChI=1S/C53H54N6O2S2/c1-5-9-15-34(7-3)31-60-32-36-21-23-37(24-22-36)48-46-47(51(58-48)41(30-55)53-57-43-18-12-14-20-45(43)63-53)49(38-25-27-39(28-26-38)61-33-35(8-4)16-10-6-2)59-50(46)40(29-54)52-56-42-17-11-13-19-44(42)62-52/h11-14,17-28,34-35,58-59H,5-10,15-16,31-33H2,1-4H3/b50-40-,51-41-. The molecule has 4 aromatic carbocycles. The van der Waals surface area contributed by atoms with E-state index in [0.29, 0.717) is 56.9 Å². The number of hydrogen-bond donors (Lipinski definition) is 2. The zero-order valence-electron chi connectivity index (χ0n) is 36.6. The van der Waals surface area contributed by atoms with E-state index in [0.717, 1.165) is 90.9 Å². The Morgan fingerprint density at radius 3 is 1.56 bits per heavy atom. The van der Waals surface area contributed by atoms with Crippen molar-refractivity contribution in [2.75, 3.05) is 13.2 Å². The molecule has 0 aliphatic rings. The average molecular weight is 871 g/mol. The fourth-order valence-electron chi connectivity index (χ4n) is 8.28. The highest BCUT2D eigenvalue weighted by Crippen LogP contribution is 2.35. The number of H-pyrrole nitrogens is 2. The normalized spacial score (nSPS) is 13.6. The summed E-state index contributed by atoms with van der Waals surface area (Å²) in [6.45, 7) is 10.9. The second-order valence-corrected chi connectivity index (χ2v) is 18.4. The van der Waals surface area contributed by atoms with Gasteiger partial charge < -0.3 is 19.4 Å². The van der Waals surface area contributed by atoms with Gasteiger partial charge in [0.2, 0.25) is 0 Å². The Kier molecular flexibility index (Phi) is 14.1. The first kappa shape index (κ1) is 43.6. The molecule has 2 atom stereocenters. The molecule has 0 radical (unpaired) electrons. The van der Waals surface area contributed by atoms with Gasteiger partial charge in [-0.2, -0.15) is 10.5 Å². The smallest absolute Gasteiger partial charge is 0.137 e. The number of nitrogens with one attached hydrogen (secondary N) is 2. The van der Waals surface area contributed by atoms with E-state index in [-0.39, 0.29) is 0 Å². The number of hydrogen-bond acceptors (Lipinski definition) is 8. The van der Waals surface area contributed by atoms with Gasteiger partial charge in [-0.15, -0.1) is 22.7 Å². The molecule has 0 bridgehead atoms. The van der Waals surface area contributed by atoms with Crippen LogP contribution >= 0.6 is 22.7 Å². The van der Waals surface area contributed by atoms with Crippen molar-refractivity contribution in [3.63, 3.8) is 0 Å². The van der Waals surface area contributed by atoms with Crippen LogP contribution in [0.3, 0.4) is 0 Å². The van der Waals surface area contributed by atoms with E-state index < -0.39 is 0 Å². The zero-order valence-corrected chi connectivity index (χ0v) is 38.2. The molecule has 8 aromatic rings. The van der Waals surface area contributed by atoms with Crippen molar-refractivity contribution in [3.8, 4) is 40.4 Å². The lowest BCUT2D eigenvalue weighted by Crippen LogP contribution is -2.11. The minimum Gasteiger partial charge on any atom is -0.493 e. The van der Waals surface area contributed by atoms with Gasteiger partial charge in [-0.3, -0.25) is 0 Å². The molecular formula is C53H54N6O2S2. The number of rotatable bonds is 19. The van der Waals surface area contributed by atoms with Crippen LogP contribution in [0.2, 0.25) is 0 Å². The summed E-state index contributed by atoms with van der Waals surface area (Å²) in [4.78, 5) is 17.4. The highest BCUT2D eigenvalue weighted by atomic mass is 32.1. The molecule has 2 unspecified atom stereocenters. The van der Waals surface area contributed by atoms with Crippen LogP contribution in [0.25, 0.3) is 64.9 Å². The molecule has 4 heterocycles. The number of ether oxygens (including phenoxy) is 2. The van der Waals surface area contributed by atoms with Crippen LogP contribution in [0.15, 0.2) is 97.1 Å². The molecule has 0 spiro atoms. The van der Waals surface area contributed by atoms with E-state index in [2.05, 4.69) is 86.2 Å². The Hall–Kier alpha value is -6.04. The summed E-state index contributed by atoms with van der Waals surface area (Å²) >= 11 is 2.99. The minimum absolute atomic E-state index is 0.425. The average Bonchev–Trinajstić information content (AvgIpc) is 4.12. The molecule has 8 rings (SSSR count). The van der Waals surface area contributed by atoms with Crippen molar-refractivity contribution in [3.05, 3.63) is 123 Å². The van der Waals surface area contributed by atoms with Crippen LogP contribution in [-0.2, 0) is 11.3 Å². The molecular weight excluding hydrogens is 817 g/mol. The van der Waals surface area contributed by atoms with Gasteiger partial charge in [0.25, 0.3) is 0 Å². The van der Waals surface area contributed by atoms with E-state index in [9.17, 15) is 10.5 Å². The Bertz CT molecular complexity index is 2870. The van der Waals surface area contributed by atoms with Crippen molar-refractivity contribution in [2.24, 2.45) is 11.8 Å². The number of fused-ring (bicyclic) bond motifs is 3. The minimum atomic E-state index is 0.425. The number of nitrogens with zero attached hydrogens (tertiary/aromatic N) is 4. The summed E-state index contributed by atoms with van der Waals surface area (Å²) in [6.07, 6.45) is 9.31. The second kappa shape index (κ2) is 20.4. The number of aromatic amines is 2. The van der Waals surface area contributed by atoms with E-state index in [1.54, 1.807) is 0 Å². The molecule has 0 fully saturated rings. The van der Waals surface area contributed by atoms with Crippen LogP contribution in [-0.4, -0.2) is 33.1 Å². The maximum atomic E-state index is 11.1. The summed E-state index contributed by atoms with van der Waals surface area (Å²) in [5, 5.41) is 26.2. The molecule has 0 saturated heterocycles. The molecule has 320 valence electrons. The number of unbranched alkanes of at least 4 members (excludes halogenated alkanes) is 2. The van der Waals surface area contributed by atoms with Crippen molar-refractivity contribution in [1.82, 2.24) is 19.9 Å². The van der Waals surface area contributed by atoms with Crippen LogP contribution in [0.5, 0.6) is 5.75 Å². The second-order valence-electron chi connectivity index (χ2n) is 16.3. The van der Waals surface area contributed by atoms with E-state index >= 15 is 0 Å². The summed E-state index contributed by atoms with van der Waals surface area (Å²) < 4.78 is 14.6. The molecule has 2 N–H and O–H groups in total. The lowest BCUT2D eigenvalue weighted by atomic mass is 10.0. The van der Waals surface area contributed by atoms with Crippen molar-refractivity contribution in [1.29, 1.82) is 10.5 Å². The predicted octanol–water partition coefficient (Wildman–Crippen LogP) is 12.8. The summed E-state index contributed by atoms with van der Waals surface area (Å²) in [7, 11) is 0.